The van der Waals surface area contributed by atoms with Gasteiger partial charge in [-0.1, -0.05) is 47.0 Å². The van der Waals surface area contributed by atoms with Gasteiger partial charge < -0.3 is 5.32 Å². The van der Waals surface area contributed by atoms with Crippen molar-refractivity contribution in [2.45, 2.75) is 18.4 Å². The molecule has 1 N–H and O–H groups in total. The van der Waals surface area contributed by atoms with Crippen LogP contribution in [0.2, 0.25) is 15.1 Å². The first kappa shape index (κ1) is 16.7. The second-order valence-electron chi connectivity index (χ2n) is 6.26. The van der Waals surface area contributed by atoms with Crippen LogP contribution < -0.4 is 5.32 Å². The van der Waals surface area contributed by atoms with Gasteiger partial charge in [0.2, 0.25) is 0 Å². The molecule has 3 atom stereocenters. The number of rotatable bonds is 2. The van der Waals surface area contributed by atoms with Crippen LogP contribution in [0.15, 0.2) is 42.5 Å². The predicted molar refractivity (Wildman–Crippen MR) is 101 cm³/mol. The highest BCUT2D eigenvalue weighted by Crippen LogP contribution is 2.54. The van der Waals surface area contributed by atoms with E-state index >= 15 is 0 Å². The summed E-state index contributed by atoms with van der Waals surface area (Å²) >= 11 is 19.2. The Morgan fingerprint density at radius 3 is 2.56 bits per heavy atom. The third-order valence-electron chi connectivity index (χ3n) is 4.94. The number of allylic oxidation sites excluding steroid dienone is 2. The number of nitrogens with zero attached hydrogens (tertiary/aromatic N) is 1. The molecule has 2 aliphatic rings. The van der Waals surface area contributed by atoms with E-state index in [1.54, 1.807) is 24.3 Å². The fourth-order valence-corrected chi connectivity index (χ4v) is 4.56. The maximum atomic E-state index is 11.2. The number of hydrogen-bond donors (Lipinski definition) is 1. The summed E-state index contributed by atoms with van der Waals surface area (Å²) in [4.78, 5) is 10.8. The molecule has 0 amide bonds. The maximum absolute atomic E-state index is 11.2. The number of nitro benzene ring substituents is 1. The van der Waals surface area contributed by atoms with Gasteiger partial charge in [-0.05, 0) is 30.5 Å². The number of hydrogen-bond acceptors (Lipinski definition) is 3. The lowest BCUT2D eigenvalue weighted by atomic mass is 9.77. The van der Waals surface area contributed by atoms with Crippen LogP contribution in [0.1, 0.15) is 29.5 Å². The number of nitrogens with one attached hydrogen (secondary N) is 1. The van der Waals surface area contributed by atoms with Crippen LogP contribution in [0, 0.1) is 16.0 Å². The average Bonchev–Trinajstić information content (AvgIpc) is 3.07. The van der Waals surface area contributed by atoms with E-state index in [1.807, 2.05) is 0 Å². The Morgan fingerprint density at radius 1 is 1.08 bits per heavy atom. The normalized spacial score (nSPS) is 23.7. The largest absolute Gasteiger partial charge is 0.376 e. The molecule has 4 nitrogen and oxygen atoms in total. The molecule has 0 saturated heterocycles. The number of anilines is 1. The lowest BCUT2D eigenvalue weighted by Crippen LogP contribution is -2.29. The summed E-state index contributed by atoms with van der Waals surface area (Å²) in [6.45, 7) is 0. The summed E-state index contributed by atoms with van der Waals surface area (Å²) in [6, 6.07) is 7.89. The quantitative estimate of drug-likeness (QED) is 0.364. The van der Waals surface area contributed by atoms with Crippen molar-refractivity contribution >= 4 is 46.2 Å². The van der Waals surface area contributed by atoms with Crippen LogP contribution in [0.25, 0.3) is 0 Å². The van der Waals surface area contributed by atoms with Crippen molar-refractivity contribution in [2.24, 2.45) is 5.92 Å². The molecule has 0 radical (unpaired) electrons. The highest BCUT2D eigenvalue weighted by molar-refractivity contribution is 6.36. The number of nitro groups is 1. The summed E-state index contributed by atoms with van der Waals surface area (Å²) in [5, 5.41) is 16.3. The Kier molecular flexibility index (Phi) is 4.14. The van der Waals surface area contributed by atoms with E-state index < -0.39 is 4.92 Å². The number of benzene rings is 2. The number of non-ortho nitro benzene ring substituents is 1. The average molecular weight is 396 g/mol. The van der Waals surface area contributed by atoms with E-state index in [0.29, 0.717) is 20.6 Å². The first-order valence-electron chi connectivity index (χ1n) is 7.82. The molecule has 1 heterocycles. The molecule has 0 bridgehead atoms. The van der Waals surface area contributed by atoms with Gasteiger partial charge in [-0.2, -0.15) is 0 Å². The van der Waals surface area contributed by atoms with E-state index in [2.05, 4.69) is 17.5 Å². The minimum Gasteiger partial charge on any atom is -0.376 e. The molecule has 0 spiro atoms. The first-order valence-corrected chi connectivity index (χ1v) is 8.95. The highest BCUT2D eigenvalue weighted by atomic mass is 35.5. The minimum absolute atomic E-state index is 0.0201. The molecule has 25 heavy (non-hydrogen) atoms. The van der Waals surface area contributed by atoms with Gasteiger partial charge in [-0.15, -0.1) is 0 Å². The summed E-state index contributed by atoms with van der Waals surface area (Å²) in [6.07, 6.45) is 5.08. The number of halogens is 3. The topological polar surface area (TPSA) is 55.2 Å². The zero-order chi connectivity index (χ0) is 17.7. The Labute approximate surface area is 159 Å². The van der Waals surface area contributed by atoms with Crippen LogP contribution in [0.3, 0.4) is 0 Å². The second-order valence-corrected chi connectivity index (χ2v) is 7.48. The molecule has 3 unspecified atom stereocenters. The van der Waals surface area contributed by atoms with Crippen molar-refractivity contribution in [3.63, 3.8) is 0 Å². The highest BCUT2D eigenvalue weighted by Gasteiger charge is 2.40. The smallest absolute Gasteiger partial charge is 0.269 e. The lowest BCUT2D eigenvalue weighted by molar-refractivity contribution is -0.384. The molecule has 0 aromatic heterocycles. The van der Waals surface area contributed by atoms with Crippen molar-refractivity contribution < 1.29 is 4.92 Å². The van der Waals surface area contributed by atoms with E-state index in [1.165, 1.54) is 6.07 Å². The van der Waals surface area contributed by atoms with Gasteiger partial charge in [0, 0.05) is 39.2 Å². The molecule has 1 aliphatic carbocycles. The van der Waals surface area contributed by atoms with Crippen molar-refractivity contribution in [1.29, 1.82) is 0 Å². The van der Waals surface area contributed by atoms with Crippen LogP contribution in [-0.2, 0) is 0 Å². The molecule has 7 heteroatoms. The second kappa shape index (κ2) is 6.20. The van der Waals surface area contributed by atoms with Gasteiger partial charge in [-0.25, -0.2) is 0 Å². The molecule has 0 fully saturated rings. The summed E-state index contributed by atoms with van der Waals surface area (Å²) in [5.41, 5.74) is 2.48. The molecule has 2 aromatic rings. The van der Waals surface area contributed by atoms with Gasteiger partial charge in [0.1, 0.15) is 0 Å². The van der Waals surface area contributed by atoms with Crippen LogP contribution in [0.5, 0.6) is 0 Å². The SMILES string of the molecule is O=[N+]([O-])c1ccc(Cl)c(C2Nc3c(Cl)ccc(Cl)c3C3C=CCC32)c1. The van der Waals surface area contributed by atoms with E-state index in [-0.39, 0.29) is 23.6 Å². The molecular weight excluding hydrogens is 383 g/mol. The predicted octanol–water partition coefficient (Wildman–Crippen LogP) is 6.38. The van der Waals surface area contributed by atoms with E-state index in [4.69, 9.17) is 34.8 Å². The van der Waals surface area contributed by atoms with Crippen LogP contribution in [-0.4, -0.2) is 4.92 Å². The fraction of sp³-hybridized carbons (Fsp3) is 0.222. The van der Waals surface area contributed by atoms with Crippen molar-refractivity contribution in [1.82, 2.24) is 0 Å². The first-order chi connectivity index (χ1) is 12.0. The van der Waals surface area contributed by atoms with Gasteiger partial charge in [0.05, 0.1) is 21.7 Å². The maximum Gasteiger partial charge on any atom is 0.269 e. The summed E-state index contributed by atoms with van der Waals surface area (Å²) in [7, 11) is 0. The molecular formula is C18H13Cl3N2O2. The monoisotopic (exact) mass is 394 g/mol. The van der Waals surface area contributed by atoms with Crippen LogP contribution >= 0.6 is 34.8 Å². The number of fused-ring (bicyclic) bond motifs is 3. The van der Waals surface area contributed by atoms with Crippen LogP contribution in [0.4, 0.5) is 11.4 Å². The zero-order valence-corrected chi connectivity index (χ0v) is 15.1. The van der Waals surface area contributed by atoms with Crippen molar-refractivity contribution in [3.05, 3.63) is 78.8 Å². The Hall–Kier alpha value is -1.75. The minimum atomic E-state index is -0.412. The third-order valence-corrected chi connectivity index (χ3v) is 5.93. The molecule has 128 valence electrons. The van der Waals surface area contributed by atoms with Gasteiger partial charge in [0.25, 0.3) is 5.69 Å². The molecule has 2 aromatic carbocycles. The van der Waals surface area contributed by atoms with E-state index in [0.717, 1.165) is 17.7 Å². The Balaban J connectivity index is 1.87. The fourth-order valence-electron chi connectivity index (χ4n) is 3.82. The summed E-state index contributed by atoms with van der Waals surface area (Å²) in [5.74, 6) is 0.269. The third kappa shape index (κ3) is 2.69. The van der Waals surface area contributed by atoms with E-state index in [9.17, 15) is 10.1 Å². The van der Waals surface area contributed by atoms with Gasteiger partial charge in [0.15, 0.2) is 0 Å². The Bertz CT molecular complexity index is 913. The standard InChI is InChI=1S/C18H13Cl3N2O2/c19-13-5-4-9(23(24)25)8-12(13)17-11-3-1-2-10(11)16-14(20)6-7-15(21)18(16)22-17/h1-2,4-8,10-11,17,22H,3H2. The lowest BCUT2D eigenvalue weighted by Gasteiger charge is -2.38. The van der Waals surface area contributed by atoms with Gasteiger partial charge >= 0.3 is 0 Å². The molecule has 0 saturated carbocycles. The van der Waals surface area contributed by atoms with Crippen molar-refractivity contribution in [2.75, 3.05) is 5.32 Å². The van der Waals surface area contributed by atoms with Gasteiger partial charge in [-0.3, -0.25) is 10.1 Å². The molecule has 4 rings (SSSR count). The summed E-state index contributed by atoms with van der Waals surface area (Å²) < 4.78 is 0. The zero-order valence-electron chi connectivity index (χ0n) is 12.9. The van der Waals surface area contributed by atoms with Crippen molar-refractivity contribution in [3.8, 4) is 0 Å². The molecule has 1 aliphatic heterocycles. The Morgan fingerprint density at radius 2 is 1.80 bits per heavy atom.